The summed E-state index contributed by atoms with van der Waals surface area (Å²) in [7, 11) is 9.87. The summed E-state index contributed by atoms with van der Waals surface area (Å²) in [6.45, 7) is 15.5. The van der Waals surface area contributed by atoms with Crippen molar-refractivity contribution in [2.45, 2.75) is 450 Å². The van der Waals surface area contributed by atoms with Crippen LogP contribution in [0.15, 0.2) is 5.18 Å². The molecule has 0 saturated carbocycles. The van der Waals surface area contributed by atoms with E-state index in [1.807, 2.05) is 0 Å². The molecular formula is C80H169Br2ClN4O3. The summed E-state index contributed by atoms with van der Waals surface area (Å²) < 4.78 is 12.3. The summed E-state index contributed by atoms with van der Waals surface area (Å²) >= 11 is 3.06. The molecule has 1 aliphatic heterocycles. The first-order valence-corrected chi connectivity index (χ1v) is 41.3. The van der Waals surface area contributed by atoms with Gasteiger partial charge in [0.2, 0.25) is 5.20 Å². The third-order valence-electron chi connectivity index (χ3n) is 19.5. The van der Waals surface area contributed by atoms with E-state index in [-0.39, 0.29) is 46.8 Å². The zero-order chi connectivity index (χ0) is 63.8. The maximum Gasteiger partial charge on any atom is 0.215 e. The van der Waals surface area contributed by atoms with Crippen molar-refractivity contribution in [2.24, 2.45) is 5.18 Å². The predicted octanol–water partition coefficient (Wildman–Crippen LogP) is 22.2. The van der Waals surface area contributed by atoms with E-state index in [2.05, 4.69) is 77.0 Å². The molecular weight excluding hydrogens is 1260 g/mol. The maximum atomic E-state index is 9.84. The number of quaternary nitrogens is 2. The zero-order valence-corrected chi connectivity index (χ0v) is 67.0. The van der Waals surface area contributed by atoms with Gasteiger partial charge in [-0.3, -0.25) is 0 Å². The Morgan fingerprint density at radius 2 is 0.400 bits per heavy atom. The fourth-order valence-corrected chi connectivity index (χ4v) is 13.4. The molecule has 1 fully saturated rings. The first kappa shape index (κ1) is 99.3. The standard InChI is InChI=1S/2C38H80N.C4H6BrNO3.BrH.ClH.H3N/c2*1-5-7-9-11-13-15-17-19-21-23-25-27-29-31-33-35-37-39(3,4)38-36-34-32-30-28-26-24-22-20-18-16-14-12-10-8-6-2;5-4-8-1-3(6-7)2-9-4;;;/h2*5-38H2,1-4H3;3-4H,1-2H2;2*1H;1H3/q2*+1;;;;/p-2. The Labute approximate surface area is 593 Å². The van der Waals surface area contributed by atoms with Crippen LogP contribution in [0.1, 0.15) is 439 Å². The van der Waals surface area contributed by atoms with Crippen molar-refractivity contribution in [2.75, 3.05) is 67.6 Å². The average molecular weight is 1430 g/mol. The Morgan fingerprint density at radius 3 is 0.522 bits per heavy atom. The highest BCUT2D eigenvalue weighted by molar-refractivity contribution is 9.09. The second kappa shape index (κ2) is 83.9. The van der Waals surface area contributed by atoms with E-state index in [1.54, 1.807) is 0 Å². The van der Waals surface area contributed by atoms with Gasteiger partial charge in [0.05, 0.1) is 67.6 Å². The van der Waals surface area contributed by atoms with E-state index in [1.165, 1.54) is 446 Å². The van der Waals surface area contributed by atoms with Gasteiger partial charge in [0.1, 0.15) is 6.04 Å². The maximum absolute atomic E-state index is 9.84. The largest absolute Gasteiger partial charge is 1.00 e. The Bertz CT molecular complexity index is 1110. The number of nitroso groups, excluding NO2 is 1. The molecule has 0 radical (unpaired) electrons. The van der Waals surface area contributed by atoms with E-state index in [9.17, 15) is 4.91 Å². The first-order valence-electron chi connectivity index (χ1n) is 40.4. The van der Waals surface area contributed by atoms with Gasteiger partial charge in [0, 0.05) is 0 Å². The molecule has 0 atom stereocenters. The van der Waals surface area contributed by atoms with E-state index >= 15 is 0 Å². The highest BCUT2D eigenvalue weighted by Gasteiger charge is 2.20. The first-order chi connectivity index (χ1) is 42.6. The van der Waals surface area contributed by atoms with Crippen molar-refractivity contribution in [1.29, 1.82) is 0 Å². The van der Waals surface area contributed by atoms with Gasteiger partial charge in [-0.1, -0.05) is 392 Å². The van der Waals surface area contributed by atoms with Crippen LogP contribution >= 0.6 is 15.9 Å². The molecule has 1 saturated heterocycles. The summed E-state index contributed by atoms with van der Waals surface area (Å²) in [6, 6.07) is -0.334. The SMILES string of the molecule is CCCCCCCCCCCCCCCCCC[N+](C)(C)CCCCCCCCCCCCCCCCCC.CCCCCCCCCCCCCCCCCC[N+](C)(C)CCCCCCCCCCCCCCCCCC.N.O=NC1COC(Br)OC1.[Br-].[Cl-]. The molecule has 7 nitrogen and oxygen atoms in total. The van der Waals surface area contributed by atoms with E-state index in [0.717, 1.165) is 0 Å². The second-order valence-corrected chi connectivity index (χ2v) is 30.4. The molecule has 0 amide bonds. The van der Waals surface area contributed by atoms with Gasteiger partial charge < -0.3 is 54.0 Å². The van der Waals surface area contributed by atoms with E-state index in [4.69, 9.17) is 9.47 Å². The Hall–Kier alpha value is 0.650. The fourth-order valence-electron chi connectivity index (χ4n) is 13.1. The van der Waals surface area contributed by atoms with Crippen molar-refractivity contribution < 1.29 is 47.8 Å². The summed E-state index contributed by atoms with van der Waals surface area (Å²) in [5.74, 6) is 0. The smallest absolute Gasteiger partial charge is 0.215 e. The number of hydrogen-bond donors (Lipinski definition) is 1. The van der Waals surface area contributed by atoms with Gasteiger partial charge in [-0.2, -0.15) is 4.91 Å². The summed E-state index contributed by atoms with van der Waals surface area (Å²) in [4.78, 5) is 9.84. The van der Waals surface area contributed by atoms with E-state index in [0.29, 0.717) is 13.2 Å². The predicted molar refractivity (Wildman–Crippen MR) is 401 cm³/mol. The lowest BCUT2D eigenvalue weighted by Gasteiger charge is -2.30. The highest BCUT2D eigenvalue weighted by Crippen LogP contribution is 2.20. The zero-order valence-electron chi connectivity index (χ0n) is 63.1. The van der Waals surface area contributed by atoms with Gasteiger partial charge in [0.15, 0.2) is 0 Å². The molecule has 548 valence electrons. The van der Waals surface area contributed by atoms with Gasteiger partial charge in [-0.05, 0) is 67.3 Å². The number of rotatable bonds is 69. The molecule has 0 bridgehead atoms. The number of nitrogens with zero attached hydrogens (tertiary/aromatic N) is 3. The molecule has 0 aromatic carbocycles. The summed E-state index contributed by atoms with van der Waals surface area (Å²) in [6.07, 6.45) is 93.9. The lowest BCUT2D eigenvalue weighted by atomic mass is 10.0. The lowest BCUT2D eigenvalue weighted by molar-refractivity contribution is -0.890. The van der Waals surface area contributed by atoms with Crippen LogP contribution in [0.4, 0.5) is 0 Å². The normalized spacial score (nSPS) is 14.0. The third kappa shape index (κ3) is 86.7. The van der Waals surface area contributed by atoms with Crippen LogP contribution in [0.2, 0.25) is 0 Å². The van der Waals surface area contributed by atoms with Gasteiger partial charge >= 0.3 is 0 Å². The molecule has 0 spiro atoms. The molecule has 1 heterocycles. The molecule has 90 heavy (non-hydrogen) atoms. The van der Waals surface area contributed by atoms with Crippen LogP contribution in [0.3, 0.4) is 0 Å². The third-order valence-corrected chi connectivity index (χ3v) is 20.0. The fraction of sp³-hybridized carbons (Fsp3) is 1.00. The minimum atomic E-state index is -0.365. The van der Waals surface area contributed by atoms with Gasteiger partial charge in [-0.25, -0.2) is 0 Å². The second-order valence-electron chi connectivity index (χ2n) is 29.7. The molecule has 1 rings (SSSR count). The summed E-state index contributed by atoms with van der Waals surface area (Å²) in [5.41, 5.74) is 0. The minimum absolute atomic E-state index is 0. The van der Waals surface area contributed by atoms with Crippen LogP contribution in [-0.4, -0.2) is 87.8 Å². The molecule has 3 N–H and O–H groups in total. The Balaban J connectivity index is -0.000000454. The minimum Gasteiger partial charge on any atom is -1.00 e. The quantitative estimate of drug-likeness (QED) is 0.0285. The molecule has 0 aliphatic carbocycles. The number of ether oxygens (including phenoxy) is 2. The monoisotopic (exact) mass is 1430 g/mol. The van der Waals surface area contributed by atoms with Gasteiger partial charge in [-0.15, -0.1) is 0 Å². The van der Waals surface area contributed by atoms with Crippen LogP contribution < -0.4 is 35.5 Å². The number of hydrogen-bond acceptors (Lipinski definition) is 5. The van der Waals surface area contributed by atoms with Crippen molar-refractivity contribution in [3.63, 3.8) is 0 Å². The van der Waals surface area contributed by atoms with Crippen LogP contribution in [-0.2, 0) is 9.47 Å². The highest BCUT2D eigenvalue weighted by atomic mass is 79.9. The molecule has 0 unspecified atom stereocenters. The van der Waals surface area contributed by atoms with Crippen molar-refractivity contribution in [3.8, 4) is 0 Å². The van der Waals surface area contributed by atoms with Crippen LogP contribution in [0.25, 0.3) is 0 Å². The van der Waals surface area contributed by atoms with Gasteiger partial charge in [0.25, 0.3) is 0 Å². The van der Waals surface area contributed by atoms with Crippen molar-refractivity contribution in [3.05, 3.63) is 4.91 Å². The molecule has 0 aromatic heterocycles. The summed E-state index contributed by atoms with van der Waals surface area (Å²) in [5, 5.41) is 2.40. The van der Waals surface area contributed by atoms with Crippen LogP contribution in [0.5, 0.6) is 0 Å². The van der Waals surface area contributed by atoms with Crippen LogP contribution in [0, 0.1) is 4.91 Å². The topological polar surface area (TPSA) is 82.9 Å². The molecule has 1 aliphatic rings. The Kier molecular flexibility index (Phi) is 92.6. The number of unbranched alkanes of at least 4 members (excludes halogenated alkanes) is 60. The van der Waals surface area contributed by atoms with E-state index < -0.39 is 0 Å². The molecule has 10 heteroatoms. The lowest BCUT2D eigenvalue weighted by Crippen LogP contribution is -3.00. The van der Waals surface area contributed by atoms with Crippen molar-refractivity contribution in [1.82, 2.24) is 6.15 Å². The molecule has 0 aromatic rings. The number of halogens is 3. The van der Waals surface area contributed by atoms with Crippen molar-refractivity contribution >= 4 is 15.9 Å². The average Bonchev–Trinajstić information content (AvgIpc) is 3.71. The Morgan fingerprint density at radius 1 is 0.278 bits per heavy atom. The number of alkyl halides is 1.